The SMILES string of the molecule is CC(NCc1c(C(=O)O)cnn1C)C1CC1. The van der Waals surface area contributed by atoms with Gasteiger partial charge in [0.1, 0.15) is 5.56 Å². The molecule has 1 heterocycles. The molecule has 0 amide bonds. The second-order valence-corrected chi connectivity index (χ2v) is 4.44. The standard InChI is InChI=1S/C11H17N3O2/c1-7(8-3-4-8)12-6-10-9(11(15)16)5-13-14(10)2/h5,7-8,12H,3-4,6H2,1-2H3,(H,15,16). The van der Waals surface area contributed by atoms with Crippen LogP contribution in [0, 0.1) is 5.92 Å². The van der Waals surface area contributed by atoms with Crippen molar-refractivity contribution in [3.05, 3.63) is 17.5 Å². The Hall–Kier alpha value is -1.36. The van der Waals surface area contributed by atoms with Gasteiger partial charge in [0.05, 0.1) is 11.9 Å². The van der Waals surface area contributed by atoms with E-state index in [9.17, 15) is 4.79 Å². The van der Waals surface area contributed by atoms with E-state index in [0.717, 1.165) is 11.6 Å². The molecule has 0 radical (unpaired) electrons. The van der Waals surface area contributed by atoms with E-state index < -0.39 is 5.97 Å². The predicted molar refractivity (Wildman–Crippen MR) is 59.2 cm³/mol. The Balaban J connectivity index is 2.01. The van der Waals surface area contributed by atoms with Crippen LogP contribution in [0.25, 0.3) is 0 Å². The van der Waals surface area contributed by atoms with Gasteiger partial charge in [-0.2, -0.15) is 5.10 Å². The maximum absolute atomic E-state index is 10.9. The lowest BCUT2D eigenvalue weighted by Crippen LogP contribution is -2.28. The van der Waals surface area contributed by atoms with Crippen molar-refractivity contribution in [2.75, 3.05) is 0 Å². The minimum absolute atomic E-state index is 0.290. The van der Waals surface area contributed by atoms with E-state index in [1.807, 2.05) is 0 Å². The number of aryl methyl sites for hydroxylation is 1. The van der Waals surface area contributed by atoms with E-state index >= 15 is 0 Å². The average Bonchev–Trinajstić information content (AvgIpc) is 3.00. The van der Waals surface area contributed by atoms with E-state index in [1.165, 1.54) is 19.0 Å². The van der Waals surface area contributed by atoms with Crippen molar-refractivity contribution in [1.82, 2.24) is 15.1 Å². The van der Waals surface area contributed by atoms with Crippen LogP contribution in [0.4, 0.5) is 0 Å². The van der Waals surface area contributed by atoms with Crippen LogP contribution >= 0.6 is 0 Å². The Labute approximate surface area is 94.5 Å². The zero-order chi connectivity index (χ0) is 11.7. The molecule has 0 aromatic carbocycles. The molecule has 0 aliphatic heterocycles. The number of rotatable bonds is 5. The van der Waals surface area contributed by atoms with Crippen LogP contribution in [0.1, 0.15) is 35.8 Å². The molecule has 1 unspecified atom stereocenters. The molecule has 88 valence electrons. The predicted octanol–water partition coefficient (Wildman–Crippen LogP) is 1.01. The van der Waals surface area contributed by atoms with E-state index in [-0.39, 0.29) is 5.56 Å². The second-order valence-electron chi connectivity index (χ2n) is 4.44. The zero-order valence-electron chi connectivity index (χ0n) is 9.60. The van der Waals surface area contributed by atoms with Gasteiger partial charge in [0, 0.05) is 19.6 Å². The lowest BCUT2D eigenvalue weighted by atomic mass is 10.2. The molecule has 0 saturated heterocycles. The van der Waals surface area contributed by atoms with Crippen molar-refractivity contribution in [1.29, 1.82) is 0 Å². The van der Waals surface area contributed by atoms with Crippen LogP contribution in [-0.2, 0) is 13.6 Å². The van der Waals surface area contributed by atoms with Crippen LogP contribution in [-0.4, -0.2) is 26.9 Å². The normalized spacial score (nSPS) is 17.4. The molecular formula is C11H17N3O2. The van der Waals surface area contributed by atoms with Gasteiger partial charge in [-0.3, -0.25) is 4.68 Å². The first-order chi connectivity index (χ1) is 7.59. The van der Waals surface area contributed by atoms with Crippen LogP contribution < -0.4 is 5.32 Å². The van der Waals surface area contributed by atoms with E-state index in [4.69, 9.17) is 5.11 Å². The summed E-state index contributed by atoms with van der Waals surface area (Å²) in [5.41, 5.74) is 1.03. The number of aromatic carboxylic acids is 1. The molecule has 16 heavy (non-hydrogen) atoms. The third-order valence-corrected chi connectivity index (χ3v) is 3.21. The Kier molecular flexibility index (Phi) is 2.96. The Morgan fingerprint density at radius 1 is 1.75 bits per heavy atom. The summed E-state index contributed by atoms with van der Waals surface area (Å²) in [6.07, 6.45) is 3.97. The third-order valence-electron chi connectivity index (χ3n) is 3.21. The zero-order valence-corrected chi connectivity index (χ0v) is 9.60. The summed E-state index contributed by atoms with van der Waals surface area (Å²) in [6.45, 7) is 2.71. The summed E-state index contributed by atoms with van der Waals surface area (Å²) < 4.78 is 1.62. The van der Waals surface area contributed by atoms with Crippen molar-refractivity contribution in [2.45, 2.75) is 32.4 Å². The molecule has 0 spiro atoms. The molecule has 2 rings (SSSR count). The van der Waals surface area contributed by atoms with Gasteiger partial charge in [-0.1, -0.05) is 0 Å². The molecule has 1 fully saturated rings. The molecule has 5 nitrogen and oxygen atoms in total. The minimum Gasteiger partial charge on any atom is -0.478 e. The van der Waals surface area contributed by atoms with Crippen LogP contribution in [0.5, 0.6) is 0 Å². The fourth-order valence-corrected chi connectivity index (χ4v) is 1.87. The Bertz CT molecular complexity index is 396. The first-order valence-electron chi connectivity index (χ1n) is 5.57. The highest BCUT2D eigenvalue weighted by Crippen LogP contribution is 2.32. The first-order valence-corrected chi connectivity index (χ1v) is 5.57. The molecule has 1 saturated carbocycles. The Morgan fingerprint density at radius 3 is 3.00 bits per heavy atom. The molecule has 5 heteroatoms. The van der Waals surface area contributed by atoms with Crippen molar-refractivity contribution >= 4 is 5.97 Å². The quantitative estimate of drug-likeness (QED) is 0.781. The molecule has 0 bridgehead atoms. The van der Waals surface area contributed by atoms with Gasteiger partial charge in [-0.25, -0.2) is 4.79 Å². The van der Waals surface area contributed by atoms with Gasteiger partial charge in [-0.05, 0) is 25.7 Å². The summed E-state index contributed by atoms with van der Waals surface area (Å²) in [5, 5.41) is 16.3. The van der Waals surface area contributed by atoms with Crippen molar-refractivity contribution in [3.8, 4) is 0 Å². The highest BCUT2D eigenvalue weighted by molar-refractivity contribution is 5.88. The summed E-state index contributed by atoms with van der Waals surface area (Å²) in [4.78, 5) is 10.9. The molecule has 1 aromatic rings. The Morgan fingerprint density at radius 2 is 2.44 bits per heavy atom. The maximum Gasteiger partial charge on any atom is 0.339 e. The smallest absolute Gasteiger partial charge is 0.339 e. The van der Waals surface area contributed by atoms with Crippen molar-refractivity contribution in [2.24, 2.45) is 13.0 Å². The monoisotopic (exact) mass is 223 g/mol. The molecule has 1 aromatic heterocycles. The minimum atomic E-state index is -0.913. The van der Waals surface area contributed by atoms with Gasteiger partial charge < -0.3 is 10.4 Å². The van der Waals surface area contributed by atoms with Gasteiger partial charge in [0.25, 0.3) is 0 Å². The number of carbonyl (C=O) groups is 1. The highest BCUT2D eigenvalue weighted by Gasteiger charge is 2.28. The van der Waals surface area contributed by atoms with E-state index in [1.54, 1.807) is 11.7 Å². The van der Waals surface area contributed by atoms with Gasteiger partial charge in [0.2, 0.25) is 0 Å². The lowest BCUT2D eigenvalue weighted by Gasteiger charge is -2.13. The summed E-state index contributed by atoms with van der Waals surface area (Å²) in [6, 6.07) is 0.455. The van der Waals surface area contributed by atoms with Crippen LogP contribution in [0.3, 0.4) is 0 Å². The molecular weight excluding hydrogens is 206 g/mol. The number of hydrogen-bond acceptors (Lipinski definition) is 3. The largest absolute Gasteiger partial charge is 0.478 e. The summed E-state index contributed by atoms with van der Waals surface area (Å²) >= 11 is 0. The van der Waals surface area contributed by atoms with Crippen molar-refractivity contribution < 1.29 is 9.90 Å². The maximum atomic E-state index is 10.9. The van der Waals surface area contributed by atoms with Crippen LogP contribution in [0.2, 0.25) is 0 Å². The number of carboxylic acids is 1. The topological polar surface area (TPSA) is 67.2 Å². The number of hydrogen-bond donors (Lipinski definition) is 2. The number of aromatic nitrogens is 2. The summed E-state index contributed by atoms with van der Waals surface area (Å²) in [7, 11) is 1.77. The van der Waals surface area contributed by atoms with Crippen LogP contribution in [0.15, 0.2) is 6.20 Å². The lowest BCUT2D eigenvalue weighted by molar-refractivity contribution is 0.0695. The number of nitrogens with one attached hydrogen (secondary N) is 1. The van der Waals surface area contributed by atoms with Gasteiger partial charge in [0.15, 0.2) is 0 Å². The molecule has 1 atom stereocenters. The average molecular weight is 223 g/mol. The third kappa shape index (κ3) is 2.24. The number of carboxylic acid groups (broad SMARTS) is 1. The second kappa shape index (κ2) is 4.25. The van der Waals surface area contributed by atoms with E-state index in [2.05, 4.69) is 17.3 Å². The fourth-order valence-electron chi connectivity index (χ4n) is 1.87. The molecule has 1 aliphatic rings. The van der Waals surface area contributed by atoms with Gasteiger partial charge in [-0.15, -0.1) is 0 Å². The first kappa shape index (κ1) is 11.1. The van der Waals surface area contributed by atoms with Crippen molar-refractivity contribution in [3.63, 3.8) is 0 Å². The number of nitrogens with zero attached hydrogens (tertiary/aromatic N) is 2. The van der Waals surface area contributed by atoms with Gasteiger partial charge >= 0.3 is 5.97 Å². The highest BCUT2D eigenvalue weighted by atomic mass is 16.4. The molecule has 2 N–H and O–H groups in total. The van der Waals surface area contributed by atoms with E-state index in [0.29, 0.717) is 12.6 Å². The fraction of sp³-hybridized carbons (Fsp3) is 0.636. The molecule has 1 aliphatic carbocycles. The summed E-state index contributed by atoms with van der Waals surface area (Å²) in [5.74, 6) is -0.148.